The third kappa shape index (κ3) is 4.98. The summed E-state index contributed by atoms with van der Waals surface area (Å²) >= 11 is 0. The van der Waals surface area contributed by atoms with Gasteiger partial charge in [0.25, 0.3) is 0 Å². The van der Waals surface area contributed by atoms with Gasteiger partial charge in [0, 0.05) is 49.5 Å². The third-order valence-electron chi connectivity index (χ3n) is 5.47. The number of nitrogens with zero attached hydrogens (tertiary/aromatic N) is 2. The number of hydrogen-bond donors (Lipinski definition) is 3. The molecule has 0 bridgehead atoms. The second-order valence-corrected chi connectivity index (χ2v) is 6.92. The molecule has 1 atom stereocenters. The highest BCUT2D eigenvalue weighted by atomic mass is 35.5. The lowest BCUT2D eigenvalue weighted by Gasteiger charge is -2.42. The number of aliphatic hydroxyl groups excluding tert-OH is 1. The largest absolute Gasteiger partial charge is 0.506 e. The molecule has 1 aliphatic heterocycles. The van der Waals surface area contributed by atoms with Crippen LogP contribution in [0.5, 0.6) is 5.75 Å². The number of aryl methyl sites for hydroxylation is 1. The number of aromatic nitrogens is 1. The predicted molar refractivity (Wildman–Crippen MR) is 105 cm³/mol. The van der Waals surface area contributed by atoms with E-state index in [0.29, 0.717) is 11.6 Å². The quantitative estimate of drug-likeness (QED) is 0.735. The minimum atomic E-state index is -0.0640. The molecule has 1 saturated carbocycles. The lowest BCUT2D eigenvalue weighted by Crippen LogP contribution is -2.47. The van der Waals surface area contributed by atoms with Crippen molar-refractivity contribution in [2.24, 2.45) is 5.92 Å². The third-order valence-corrected chi connectivity index (χ3v) is 5.47. The number of aromatic hydroxyl groups is 1. The van der Waals surface area contributed by atoms with E-state index in [2.05, 4.69) is 15.2 Å². The van der Waals surface area contributed by atoms with Crippen molar-refractivity contribution in [2.75, 3.05) is 26.2 Å². The number of hydrogen-bond acceptors (Lipinski definition) is 5. The van der Waals surface area contributed by atoms with Gasteiger partial charge < -0.3 is 15.5 Å². The van der Waals surface area contributed by atoms with Crippen LogP contribution in [0.15, 0.2) is 6.20 Å². The normalized spacial score (nSPS) is 20.4. The molecule has 2 aliphatic rings. The molecule has 2 fully saturated rings. The number of piperazine rings is 1. The van der Waals surface area contributed by atoms with E-state index in [0.717, 1.165) is 37.3 Å². The summed E-state index contributed by atoms with van der Waals surface area (Å²) in [5.41, 5.74) is 2.36. The van der Waals surface area contributed by atoms with E-state index in [4.69, 9.17) is 0 Å². The van der Waals surface area contributed by atoms with E-state index in [1.165, 1.54) is 32.1 Å². The fourth-order valence-corrected chi connectivity index (χ4v) is 4.24. The topological polar surface area (TPSA) is 68.6 Å². The average Bonchev–Trinajstić information content (AvgIpc) is 2.61. The van der Waals surface area contributed by atoms with E-state index in [9.17, 15) is 10.2 Å². The van der Waals surface area contributed by atoms with Gasteiger partial charge in [0.15, 0.2) is 0 Å². The number of halogens is 2. The van der Waals surface area contributed by atoms with Crippen molar-refractivity contribution < 1.29 is 10.2 Å². The van der Waals surface area contributed by atoms with Crippen molar-refractivity contribution >= 4 is 24.8 Å². The molecule has 1 aliphatic carbocycles. The van der Waals surface area contributed by atoms with Gasteiger partial charge in [-0.25, -0.2) is 0 Å². The van der Waals surface area contributed by atoms with Crippen LogP contribution in [0.25, 0.3) is 0 Å². The van der Waals surface area contributed by atoms with E-state index < -0.39 is 0 Å². The Labute approximate surface area is 163 Å². The van der Waals surface area contributed by atoms with Crippen LogP contribution in [0.4, 0.5) is 0 Å². The van der Waals surface area contributed by atoms with Gasteiger partial charge in [-0.05, 0) is 25.7 Å². The minimum absolute atomic E-state index is 0. The van der Waals surface area contributed by atoms with Crippen LogP contribution in [-0.4, -0.2) is 46.3 Å². The summed E-state index contributed by atoms with van der Waals surface area (Å²) < 4.78 is 0. The van der Waals surface area contributed by atoms with E-state index in [-0.39, 0.29) is 43.2 Å². The molecule has 0 unspecified atom stereocenters. The first-order chi connectivity index (χ1) is 11.2. The zero-order valence-electron chi connectivity index (χ0n) is 14.9. The van der Waals surface area contributed by atoms with E-state index in [1.54, 1.807) is 6.20 Å². The second-order valence-electron chi connectivity index (χ2n) is 6.92. The van der Waals surface area contributed by atoms with Crippen molar-refractivity contribution in [1.82, 2.24) is 15.2 Å². The van der Waals surface area contributed by atoms with Crippen LogP contribution in [0.3, 0.4) is 0 Å². The maximum Gasteiger partial charge on any atom is 0.141 e. The molecule has 3 N–H and O–H groups in total. The maximum atomic E-state index is 10.7. The monoisotopic (exact) mass is 391 g/mol. The van der Waals surface area contributed by atoms with Crippen molar-refractivity contribution in [3.8, 4) is 5.75 Å². The first kappa shape index (κ1) is 22.5. The van der Waals surface area contributed by atoms with Gasteiger partial charge in [-0.3, -0.25) is 9.88 Å². The van der Waals surface area contributed by atoms with Crippen LogP contribution in [0.1, 0.15) is 55.0 Å². The van der Waals surface area contributed by atoms with Crippen molar-refractivity contribution in [2.45, 2.75) is 51.7 Å². The standard InChI is InChI=1S/C18H29N3O2.2ClH/c1-13-18(23)16(15(12-22)11-20-13)17(14-5-3-2-4-6-14)21-9-7-19-8-10-21;;/h11,14,17,19,22-23H,2-10,12H2,1H3;2*1H/t17-;;/m0../s1. The second kappa shape index (κ2) is 10.5. The van der Waals surface area contributed by atoms with Crippen LogP contribution in [0, 0.1) is 12.8 Å². The molecule has 2 heterocycles. The van der Waals surface area contributed by atoms with Gasteiger partial charge >= 0.3 is 0 Å². The van der Waals surface area contributed by atoms with Gasteiger partial charge in [-0.1, -0.05) is 19.3 Å². The zero-order valence-corrected chi connectivity index (χ0v) is 16.5. The highest BCUT2D eigenvalue weighted by Crippen LogP contribution is 2.43. The van der Waals surface area contributed by atoms with E-state index in [1.807, 2.05) is 6.92 Å². The Kier molecular flexibility index (Phi) is 9.46. The van der Waals surface area contributed by atoms with Gasteiger partial charge in [-0.2, -0.15) is 0 Å². The van der Waals surface area contributed by atoms with Gasteiger partial charge in [0.05, 0.1) is 12.3 Å². The fraction of sp³-hybridized carbons (Fsp3) is 0.722. The molecule has 3 rings (SSSR count). The van der Waals surface area contributed by atoms with E-state index >= 15 is 0 Å². The predicted octanol–water partition coefficient (Wildman–Crippen LogP) is 2.96. The Morgan fingerprint density at radius 1 is 1.20 bits per heavy atom. The summed E-state index contributed by atoms with van der Waals surface area (Å²) in [5.74, 6) is 0.838. The lowest BCUT2D eigenvalue weighted by molar-refractivity contribution is 0.0991. The van der Waals surface area contributed by atoms with Crippen molar-refractivity contribution in [3.63, 3.8) is 0 Å². The van der Waals surface area contributed by atoms with Crippen molar-refractivity contribution in [1.29, 1.82) is 0 Å². The molecule has 144 valence electrons. The number of nitrogens with one attached hydrogen (secondary N) is 1. The molecule has 7 heteroatoms. The minimum Gasteiger partial charge on any atom is -0.506 e. The van der Waals surface area contributed by atoms with Crippen LogP contribution < -0.4 is 5.32 Å². The number of rotatable bonds is 4. The number of aliphatic hydroxyl groups is 1. The highest BCUT2D eigenvalue weighted by molar-refractivity contribution is 5.85. The molecule has 0 radical (unpaired) electrons. The summed E-state index contributed by atoms with van der Waals surface area (Å²) in [6.07, 6.45) is 8.01. The molecular weight excluding hydrogens is 361 g/mol. The summed E-state index contributed by atoms with van der Waals surface area (Å²) in [6, 6.07) is 0.196. The lowest BCUT2D eigenvalue weighted by atomic mass is 9.78. The van der Waals surface area contributed by atoms with Crippen molar-refractivity contribution in [3.05, 3.63) is 23.0 Å². The SMILES string of the molecule is Cc1ncc(CO)c([C@H](C2CCCCC2)N2CCNCC2)c1O.Cl.Cl. The first-order valence-electron chi connectivity index (χ1n) is 8.95. The maximum absolute atomic E-state index is 10.7. The van der Waals surface area contributed by atoms with Gasteiger partial charge in [-0.15, -0.1) is 24.8 Å². The Morgan fingerprint density at radius 2 is 1.84 bits per heavy atom. The van der Waals surface area contributed by atoms with Crippen LogP contribution in [-0.2, 0) is 6.61 Å². The molecule has 0 spiro atoms. The fourth-order valence-electron chi connectivity index (χ4n) is 4.24. The molecule has 5 nitrogen and oxygen atoms in total. The Balaban J connectivity index is 0.00000156. The van der Waals surface area contributed by atoms with Gasteiger partial charge in [0.2, 0.25) is 0 Å². The van der Waals surface area contributed by atoms with Crippen LogP contribution >= 0.6 is 24.8 Å². The Bertz CT molecular complexity index is 515. The molecule has 1 aromatic heterocycles. The molecule has 1 saturated heterocycles. The summed E-state index contributed by atoms with van der Waals surface area (Å²) in [5, 5.41) is 23.9. The summed E-state index contributed by atoms with van der Waals surface area (Å²) in [4.78, 5) is 6.74. The van der Waals surface area contributed by atoms with Crippen LogP contribution in [0.2, 0.25) is 0 Å². The Hall–Kier alpha value is -0.590. The average molecular weight is 392 g/mol. The highest BCUT2D eigenvalue weighted by Gasteiger charge is 2.34. The van der Waals surface area contributed by atoms with Gasteiger partial charge in [0.1, 0.15) is 5.75 Å². The first-order valence-corrected chi connectivity index (χ1v) is 8.95. The number of pyridine rings is 1. The summed E-state index contributed by atoms with van der Waals surface area (Å²) in [6.45, 7) is 5.74. The molecule has 25 heavy (non-hydrogen) atoms. The Morgan fingerprint density at radius 3 is 2.44 bits per heavy atom. The molecule has 1 aromatic rings. The summed E-state index contributed by atoms with van der Waals surface area (Å²) in [7, 11) is 0. The molecule has 0 amide bonds. The smallest absolute Gasteiger partial charge is 0.141 e. The zero-order chi connectivity index (χ0) is 16.2. The molecular formula is C18H31Cl2N3O2. The molecule has 0 aromatic carbocycles.